The van der Waals surface area contributed by atoms with Crippen LogP contribution in [0, 0.1) is 0 Å². The molecule has 2 atom stereocenters. The second-order valence-corrected chi connectivity index (χ2v) is 4.68. The Labute approximate surface area is 97.4 Å². The number of rotatable bonds is 1. The molecule has 0 aromatic heterocycles. The van der Waals surface area contributed by atoms with E-state index in [2.05, 4.69) is 12.7 Å². The summed E-state index contributed by atoms with van der Waals surface area (Å²) in [5.74, 6) is 0.321. The maximum absolute atomic E-state index is 10.7. The molecular formula is C14H20O2. The predicted molar refractivity (Wildman–Crippen MR) is 64.3 cm³/mol. The van der Waals surface area contributed by atoms with Crippen molar-refractivity contribution in [3.05, 3.63) is 24.3 Å². The first-order valence-corrected chi connectivity index (χ1v) is 6.31. The molecule has 1 saturated heterocycles. The molecule has 2 aliphatic carbocycles. The maximum Gasteiger partial charge on any atom is 0.164 e. The van der Waals surface area contributed by atoms with Crippen LogP contribution in [0.15, 0.2) is 24.3 Å². The van der Waals surface area contributed by atoms with Gasteiger partial charge >= 0.3 is 0 Å². The van der Waals surface area contributed by atoms with Gasteiger partial charge in [0.1, 0.15) is 6.10 Å². The van der Waals surface area contributed by atoms with Crippen LogP contribution in [0.2, 0.25) is 0 Å². The summed E-state index contributed by atoms with van der Waals surface area (Å²) in [6.45, 7) is 3.72. The van der Waals surface area contributed by atoms with Crippen LogP contribution < -0.4 is 0 Å². The zero-order valence-electron chi connectivity index (χ0n) is 9.78. The van der Waals surface area contributed by atoms with Crippen molar-refractivity contribution in [2.24, 2.45) is 0 Å². The molecule has 2 fully saturated rings. The lowest BCUT2D eigenvalue weighted by atomic mass is 10.00. The van der Waals surface area contributed by atoms with Crippen molar-refractivity contribution in [1.29, 1.82) is 0 Å². The maximum atomic E-state index is 10.7. The molecule has 1 heterocycles. The third-order valence-electron chi connectivity index (χ3n) is 3.40. The highest BCUT2D eigenvalue weighted by Crippen LogP contribution is 2.33. The van der Waals surface area contributed by atoms with Gasteiger partial charge < -0.3 is 4.74 Å². The number of allylic oxidation sites excluding steroid dienone is 3. The van der Waals surface area contributed by atoms with Gasteiger partial charge in [0.05, 0.1) is 6.10 Å². The summed E-state index contributed by atoms with van der Waals surface area (Å²) >= 11 is 0. The largest absolute Gasteiger partial charge is 0.361 e. The summed E-state index contributed by atoms with van der Waals surface area (Å²) < 4.78 is 5.04. The highest BCUT2D eigenvalue weighted by atomic mass is 16.6. The fourth-order valence-corrected chi connectivity index (χ4v) is 2.31. The minimum absolute atomic E-state index is 0.0312. The van der Waals surface area contributed by atoms with Crippen LogP contribution in [0.5, 0.6) is 0 Å². The molecule has 2 nitrogen and oxygen atoms in total. The Bertz CT molecular complexity index is 304. The van der Waals surface area contributed by atoms with E-state index in [0.29, 0.717) is 11.9 Å². The fourth-order valence-electron chi connectivity index (χ4n) is 2.31. The second kappa shape index (κ2) is 5.44. The predicted octanol–water partition coefficient (Wildman–Crippen LogP) is 3.18. The summed E-state index contributed by atoms with van der Waals surface area (Å²) in [4.78, 5) is 10.7. The van der Waals surface area contributed by atoms with Crippen molar-refractivity contribution < 1.29 is 9.53 Å². The Balaban J connectivity index is 0.000000120. The molecule has 0 aromatic rings. The number of hydrogen-bond acceptors (Lipinski definition) is 2. The van der Waals surface area contributed by atoms with Crippen LogP contribution in [-0.4, -0.2) is 18.0 Å². The molecule has 0 spiro atoms. The monoisotopic (exact) mass is 220 g/mol. The highest BCUT2D eigenvalue weighted by molar-refractivity contribution is 5.86. The van der Waals surface area contributed by atoms with Crippen molar-refractivity contribution >= 4 is 5.78 Å². The molecule has 0 N–H and O–H groups in total. The Morgan fingerprint density at radius 1 is 1.31 bits per heavy atom. The summed E-state index contributed by atoms with van der Waals surface area (Å²) in [6, 6.07) is 0. The SMILES string of the molecule is C=CC1=CCCCC1.O=C1CCCC2OC12. The summed E-state index contributed by atoms with van der Waals surface area (Å²) in [5.41, 5.74) is 1.44. The van der Waals surface area contributed by atoms with Crippen molar-refractivity contribution in [3.63, 3.8) is 0 Å². The van der Waals surface area contributed by atoms with Gasteiger partial charge in [-0.15, -0.1) is 0 Å². The summed E-state index contributed by atoms with van der Waals surface area (Å²) in [6.07, 6.45) is 12.8. The quantitative estimate of drug-likeness (QED) is 0.635. The van der Waals surface area contributed by atoms with Crippen molar-refractivity contribution in [3.8, 4) is 0 Å². The molecule has 3 rings (SSSR count). The minimum atomic E-state index is 0.0312. The average Bonchev–Trinajstić information content (AvgIpc) is 3.12. The molecule has 0 aromatic carbocycles. The van der Waals surface area contributed by atoms with Gasteiger partial charge in [-0.05, 0) is 38.5 Å². The summed E-state index contributed by atoms with van der Waals surface area (Å²) in [7, 11) is 0. The standard InChI is InChI=1S/C8H12.C6H8O2/c1-2-8-6-4-3-5-7-8;7-4-2-1-3-5-6(4)8-5/h2,6H,1,3-5,7H2;5-6H,1-3H2. The average molecular weight is 220 g/mol. The number of epoxide rings is 1. The topological polar surface area (TPSA) is 29.6 Å². The van der Waals surface area contributed by atoms with E-state index in [1.807, 2.05) is 6.08 Å². The zero-order chi connectivity index (χ0) is 11.4. The molecule has 2 heteroatoms. The third-order valence-corrected chi connectivity index (χ3v) is 3.40. The van der Waals surface area contributed by atoms with Crippen LogP contribution in [0.3, 0.4) is 0 Å². The first kappa shape index (κ1) is 11.6. The number of fused-ring (bicyclic) bond motifs is 1. The Kier molecular flexibility index (Phi) is 3.94. The lowest BCUT2D eigenvalue weighted by Gasteiger charge is -2.06. The van der Waals surface area contributed by atoms with Gasteiger partial charge in [-0.2, -0.15) is 0 Å². The van der Waals surface area contributed by atoms with Crippen LogP contribution >= 0.6 is 0 Å². The number of carbonyl (C=O) groups is 1. The minimum Gasteiger partial charge on any atom is -0.361 e. The fraction of sp³-hybridized carbons (Fsp3) is 0.643. The van der Waals surface area contributed by atoms with Gasteiger partial charge in [0, 0.05) is 6.42 Å². The Hall–Kier alpha value is -0.890. The van der Waals surface area contributed by atoms with Gasteiger partial charge in [-0.25, -0.2) is 0 Å². The van der Waals surface area contributed by atoms with E-state index in [-0.39, 0.29) is 6.10 Å². The van der Waals surface area contributed by atoms with E-state index in [1.165, 1.54) is 31.3 Å². The van der Waals surface area contributed by atoms with Gasteiger partial charge in [-0.3, -0.25) is 4.79 Å². The van der Waals surface area contributed by atoms with Crippen molar-refractivity contribution in [1.82, 2.24) is 0 Å². The van der Waals surface area contributed by atoms with Crippen molar-refractivity contribution in [2.75, 3.05) is 0 Å². The normalized spacial score (nSPS) is 31.8. The smallest absolute Gasteiger partial charge is 0.164 e. The lowest BCUT2D eigenvalue weighted by Crippen LogP contribution is -2.14. The zero-order valence-corrected chi connectivity index (χ0v) is 9.78. The number of carbonyl (C=O) groups excluding carboxylic acids is 1. The van der Waals surface area contributed by atoms with Crippen LogP contribution in [0.1, 0.15) is 44.9 Å². The number of ether oxygens (including phenoxy) is 1. The Morgan fingerprint density at radius 3 is 2.69 bits per heavy atom. The number of ketones is 1. The van der Waals surface area contributed by atoms with Crippen LogP contribution in [-0.2, 0) is 9.53 Å². The number of Topliss-reactive ketones (excluding diaryl/α,β-unsaturated/α-hetero) is 1. The molecule has 88 valence electrons. The van der Waals surface area contributed by atoms with Gasteiger partial charge in [0.2, 0.25) is 0 Å². The van der Waals surface area contributed by atoms with Crippen molar-refractivity contribution in [2.45, 2.75) is 57.2 Å². The molecule has 3 aliphatic rings. The van der Waals surface area contributed by atoms with E-state index in [4.69, 9.17) is 4.74 Å². The molecule has 2 unspecified atom stereocenters. The first-order chi connectivity index (χ1) is 7.81. The molecule has 0 radical (unpaired) electrons. The molecular weight excluding hydrogens is 200 g/mol. The summed E-state index contributed by atoms with van der Waals surface area (Å²) in [5, 5.41) is 0. The van der Waals surface area contributed by atoms with E-state index in [1.54, 1.807) is 0 Å². The molecule has 0 bridgehead atoms. The van der Waals surface area contributed by atoms with Gasteiger partial charge in [0.15, 0.2) is 5.78 Å². The highest BCUT2D eigenvalue weighted by Gasteiger charge is 2.46. The lowest BCUT2D eigenvalue weighted by molar-refractivity contribution is -0.120. The third kappa shape index (κ3) is 3.05. The molecule has 1 saturated carbocycles. The van der Waals surface area contributed by atoms with Gasteiger partial charge in [0.25, 0.3) is 0 Å². The number of hydrogen-bond donors (Lipinski definition) is 0. The van der Waals surface area contributed by atoms with Gasteiger partial charge in [-0.1, -0.05) is 24.3 Å². The van der Waals surface area contributed by atoms with E-state index < -0.39 is 0 Å². The van der Waals surface area contributed by atoms with Crippen LogP contribution in [0.4, 0.5) is 0 Å². The molecule has 16 heavy (non-hydrogen) atoms. The first-order valence-electron chi connectivity index (χ1n) is 6.31. The van der Waals surface area contributed by atoms with E-state index in [9.17, 15) is 4.79 Å². The second-order valence-electron chi connectivity index (χ2n) is 4.68. The van der Waals surface area contributed by atoms with Crippen LogP contribution in [0.25, 0.3) is 0 Å². The van der Waals surface area contributed by atoms with E-state index >= 15 is 0 Å². The molecule has 0 amide bonds. The Morgan fingerprint density at radius 2 is 2.19 bits per heavy atom. The van der Waals surface area contributed by atoms with E-state index in [0.717, 1.165) is 19.3 Å². The molecule has 1 aliphatic heterocycles.